The molecule has 1 aromatic carbocycles. The average molecular weight is 223 g/mol. The number of hydrogen-bond donors (Lipinski definition) is 1. The Morgan fingerprint density at radius 3 is 2.40 bits per heavy atom. The van der Waals surface area contributed by atoms with Crippen LogP contribution in [0.1, 0.15) is 15.6 Å². The molecule has 1 aromatic heterocycles. The van der Waals surface area contributed by atoms with Crippen molar-refractivity contribution < 1.29 is 4.39 Å². The summed E-state index contributed by atoms with van der Waals surface area (Å²) >= 11 is 1.49. The molecule has 15 heavy (non-hydrogen) atoms. The molecule has 0 aliphatic rings. The second-order valence-electron chi connectivity index (χ2n) is 3.10. The van der Waals surface area contributed by atoms with Crippen LogP contribution in [-0.2, 0) is 13.0 Å². The van der Waals surface area contributed by atoms with E-state index in [0.29, 0.717) is 13.0 Å². The van der Waals surface area contributed by atoms with Gasteiger partial charge in [-0.25, -0.2) is 4.39 Å². The van der Waals surface area contributed by atoms with Crippen molar-refractivity contribution in [1.82, 2.24) is 10.2 Å². The topological polar surface area (TPSA) is 51.8 Å². The molecule has 2 aromatic rings. The van der Waals surface area contributed by atoms with E-state index >= 15 is 0 Å². The molecular formula is C10H10FN3S. The molecule has 5 heteroatoms. The van der Waals surface area contributed by atoms with Crippen LogP contribution in [0.25, 0.3) is 0 Å². The molecule has 0 aliphatic carbocycles. The van der Waals surface area contributed by atoms with Gasteiger partial charge < -0.3 is 5.73 Å². The minimum absolute atomic E-state index is 0.223. The van der Waals surface area contributed by atoms with Gasteiger partial charge in [-0.1, -0.05) is 23.5 Å². The Bertz CT molecular complexity index is 438. The van der Waals surface area contributed by atoms with E-state index in [1.807, 2.05) is 0 Å². The first-order valence-corrected chi connectivity index (χ1v) is 5.35. The van der Waals surface area contributed by atoms with Gasteiger partial charge in [0.15, 0.2) is 0 Å². The Morgan fingerprint density at radius 2 is 1.80 bits per heavy atom. The molecule has 78 valence electrons. The highest BCUT2D eigenvalue weighted by atomic mass is 32.1. The van der Waals surface area contributed by atoms with E-state index in [4.69, 9.17) is 5.73 Å². The molecule has 3 nitrogen and oxygen atoms in total. The number of hydrogen-bond acceptors (Lipinski definition) is 4. The minimum Gasteiger partial charge on any atom is -0.324 e. The van der Waals surface area contributed by atoms with Crippen LogP contribution in [0.5, 0.6) is 0 Å². The van der Waals surface area contributed by atoms with Crippen molar-refractivity contribution in [3.8, 4) is 0 Å². The van der Waals surface area contributed by atoms with E-state index in [0.717, 1.165) is 15.6 Å². The lowest BCUT2D eigenvalue weighted by molar-refractivity contribution is 0.627. The number of nitrogens with two attached hydrogens (primary N) is 1. The summed E-state index contributed by atoms with van der Waals surface area (Å²) in [4.78, 5) is 0. The van der Waals surface area contributed by atoms with Gasteiger partial charge >= 0.3 is 0 Å². The molecular weight excluding hydrogens is 213 g/mol. The predicted molar refractivity (Wildman–Crippen MR) is 57.0 cm³/mol. The largest absolute Gasteiger partial charge is 0.324 e. The Hall–Kier alpha value is -1.33. The first-order valence-electron chi connectivity index (χ1n) is 4.53. The molecule has 0 aliphatic heterocycles. The number of aromatic nitrogens is 2. The standard InChI is InChI=1S/C10H10FN3S/c11-8-3-1-7(2-4-8)5-9-13-14-10(6-12)15-9/h1-4H,5-6,12H2. The number of halogens is 1. The van der Waals surface area contributed by atoms with Crippen LogP contribution in [0.15, 0.2) is 24.3 Å². The van der Waals surface area contributed by atoms with Gasteiger partial charge in [-0.2, -0.15) is 0 Å². The quantitative estimate of drug-likeness (QED) is 0.862. The monoisotopic (exact) mass is 223 g/mol. The maximum atomic E-state index is 12.6. The van der Waals surface area contributed by atoms with Gasteiger partial charge in [0.05, 0.1) is 0 Å². The summed E-state index contributed by atoms with van der Waals surface area (Å²) in [6.07, 6.45) is 0.679. The van der Waals surface area contributed by atoms with Crippen molar-refractivity contribution in [1.29, 1.82) is 0 Å². The van der Waals surface area contributed by atoms with Gasteiger partial charge in [0.25, 0.3) is 0 Å². The SMILES string of the molecule is NCc1nnc(Cc2ccc(F)cc2)s1. The first kappa shape index (κ1) is 10.2. The zero-order chi connectivity index (χ0) is 10.7. The molecule has 0 spiro atoms. The third-order valence-electron chi connectivity index (χ3n) is 1.95. The van der Waals surface area contributed by atoms with Crippen LogP contribution in [0.3, 0.4) is 0 Å². The van der Waals surface area contributed by atoms with E-state index < -0.39 is 0 Å². The molecule has 2 rings (SSSR count). The maximum absolute atomic E-state index is 12.6. The van der Waals surface area contributed by atoms with Crippen LogP contribution >= 0.6 is 11.3 Å². The Morgan fingerprint density at radius 1 is 1.13 bits per heavy atom. The first-order chi connectivity index (χ1) is 7.28. The van der Waals surface area contributed by atoms with Gasteiger partial charge in [0.1, 0.15) is 15.8 Å². The summed E-state index contributed by atoms with van der Waals surface area (Å²) in [6, 6.07) is 6.39. The molecule has 0 radical (unpaired) electrons. The predicted octanol–water partition coefficient (Wildman–Crippen LogP) is 1.73. The fraction of sp³-hybridized carbons (Fsp3) is 0.200. The van der Waals surface area contributed by atoms with Crippen LogP contribution in [0, 0.1) is 5.82 Å². The normalized spacial score (nSPS) is 10.5. The van der Waals surface area contributed by atoms with Crippen molar-refractivity contribution in [3.63, 3.8) is 0 Å². The van der Waals surface area contributed by atoms with Gasteiger partial charge in [-0.15, -0.1) is 10.2 Å². The number of nitrogens with zero attached hydrogens (tertiary/aromatic N) is 2. The number of rotatable bonds is 3. The smallest absolute Gasteiger partial charge is 0.131 e. The zero-order valence-corrected chi connectivity index (χ0v) is 8.80. The summed E-state index contributed by atoms with van der Waals surface area (Å²) in [5.74, 6) is -0.223. The van der Waals surface area contributed by atoms with E-state index in [9.17, 15) is 4.39 Å². The van der Waals surface area contributed by atoms with E-state index in [2.05, 4.69) is 10.2 Å². The highest BCUT2D eigenvalue weighted by molar-refractivity contribution is 7.11. The highest BCUT2D eigenvalue weighted by Gasteiger charge is 2.03. The van der Waals surface area contributed by atoms with Crippen LogP contribution in [0.4, 0.5) is 4.39 Å². The number of benzene rings is 1. The molecule has 0 saturated carbocycles. The van der Waals surface area contributed by atoms with Crippen LogP contribution in [0.2, 0.25) is 0 Å². The fourth-order valence-corrected chi connectivity index (χ4v) is 1.98. The van der Waals surface area contributed by atoms with Crippen LogP contribution in [-0.4, -0.2) is 10.2 Å². The highest BCUT2D eigenvalue weighted by Crippen LogP contribution is 2.14. The second-order valence-corrected chi connectivity index (χ2v) is 4.24. The molecule has 0 atom stereocenters. The Balaban J connectivity index is 2.11. The van der Waals surface area contributed by atoms with Crippen molar-refractivity contribution in [2.24, 2.45) is 5.73 Å². The summed E-state index contributed by atoms with van der Waals surface area (Å²) in [5, 5.41) is 9.65. The summed E-state index contributed by atoms with van der Waals surface area (Å²) in [7, 11) is 0. The van der Waals surface area contributed by atoms with Gasteiger partial charge in [-0.3, -0.25) is 0 Å². The maximum Gasteiger partial charge on any atom is 0.131 e. The summed E-state index contributed by atoms with van der Waals surface area (Å²) in [5.41, 5.74) is 6.46. The molecule has 1 heterocycles. The Kier molecular flexibility index (Phi) is 3.03. The molecule has 0 saturated heterocycles. The molecule has 0 fully saturated rings. The van der Waals surface area contributed by atoms with Crippen LogP contribution < -0.4 is 5.73 Å². The van der Waals surface area contributed by atoms with Crippen molar-refractivity contribution in [3.05, 3.63) is 45.7 Å². The van der Waals surface area contributed by atoms with Crippen molar-refractivity contribution in [2.75, 3.05) is 0 Å². The second kappa shape index (κ2) is 4.46. The molecule has 2 N–H and O–H groups in total. The average Bonchev–Trinajstić information content (AvgIpc) is 2.69. The van der Waals surface area contributed by atoms with E-state index in [1.165, 1.54) is 23.5 Å². The summed E-state index contributed by atoms with van der Waals surface area (Å²) in [6.45, 7) is 0.418. The van der Waals surface area contributed by atoms with Crippen molar-refractivity contribution >= 4 is 11.3 Å². The third kappa shape index (κ3) is 2.57. The third-order valence-corrected chi connectivity index (χ3v) is 2.90. The van der Waals surface area contributed by atoms with Gasteiger partial charge in [0, 0.05) is 13.0 Å². The summed E-state index contributed by atoms with van der Waals surface area (Å²) < 4.78 is 12.6. The minimum atomic E-state index is -0.223. The lowest BCUT2D eigenvalue weighted by Gasteiger charge is -1.96. The molecule has 0 bridgehead atoms. The van der Waals surface area contributed by atoms with E-state index in [-0.39, 0.29) is 5.82 Å². The Labute approximate surface area is 90.8 Å². The van der Waals surface area contributed by atoms with E-state index in [1.54, 1.807) is 12.1 Å². The van der Waals surface area contributed by atoms with Gasteiger partial charge in [0.2, 0.25) is 0 Å². The van der Waals surface area contributed by atoms with Gasteiger partial charge in [-0.05, 0) is 17.7 Å². The lowest BCUT2D eigenvalue weighted by Crippen LogP contribution is -1.94. The zero-order valence-electron chi connectivity index (χ0n) is 7.98. The fourth-order valence-electron chi connectivity index (χ4n) is 1.22. The van der Waals surface area contributed by atoms with Crippen molar-refractivity contribution in [2.45, 2.75) is 13.0 Å². The molecule has 0 amide bonds. The molecule has 0 unspecified atom stereocenters. The lowest BCUT2D eigenvalue weighted by atomic mass is 10.2.